The van der Waals surface area contributed by atoms with Crippen LogP contribution in [0.15, 0.2) is 18.3 Å². The van der Waals surface area contributed by atoms with E-state index in [-0.39, 0.29) is 31.8 Å². The molecule has 2 aliphatic rings. The second-order valence-electron chi connectivity index (χ2n) is 6.78. The lowest BCUT2D eigenvalue weighted by Crippen LogP contribution is -2.56. The molecule has 2 heterocycles. The van der Waals surface area contributed by atoms with Crippen molar-refractivity contribution in [3.63, 3.8) is 0 Å². The number of nitrogens with two attached hydrogens (primary N) is 1. The van der Waals surface area contributed by atoms with E-state index in [4.69, 9.17) is 10.5 Å². The molecule has 0 aromatic carbocycles. The van der Waals surface area contributed by atoms with Crippen molar-refractivity contribution in [2.45, 2.75) is 38.2 Å². The molecule has 25 heavy (non-hydrogen) atoms. The molecular weight excluding hydrogens is 326 g/mol. The molecular formula is C17H21N3O5. The minimum atomic E-state index is -1.41. The summed E-state index contributed by atoms with van der Waals surface area (Å²) in [6, 6.07) is 3.42. The minimum absolute atomic E-state index is 0.136. The van der Waals surface area contributed by atoms with Crippen LogP contribution in [0.1, 0.15) is 31.4 Å². The van der Waals surface area contributed by atoms with E-state index in [0.29, 0.717) is 18.6 Å². The van der Waals surface area contributed by atoms with Crippen molar-refractivity contribution in [3.8, 4) is 5.75 Å². The molecule has 0 bridgehead atoms. The SMILES string of the molecule is Cc1ccc(OC2(C(=O)O)CCN(C(=O)C3(C(N)=O)CC3)CC2)cn1. The Bertz CT molecular complexity index is 703. The zero-order valence-electron chi connectivity index (χ0n) is 14.0. The maximum absolute atomic E-state index is 12.5. The van der Waals surface area contributed by atoms with E-state index >= 15 is 0 Å². The van der Waals surface area contributed by atoms with Gasteiger partial charge in [-0.2, -0.15) is 0 Å². The maximum atomic E-state index is 12.5. The Labute approximate surface area is 145 Å². The predicted molar refractivity (Wildman–Crippen MR) is 86.6 cm³/mol. The fraction of sp³-hybridized carbons (Fsp3) is 0.529. The highest BCUT2D eigenvalue weighted by atomic mass is 16.5. The summed E-state index contributed by atoms with van der Waals surface area (Å²) in [6.45, 7) is 2.24. The number of hydrogen-bond acceptors (Lipinski definition) is 5. The Morgan fingerprint density at radius 2 is 1.84 bits per heavy atom. The van der Waals surface area contributed by atoms with Gasteiger partial charge in [-0.1, -0.05) is 0 Å². The third-order valence-electron chi connectivity index (χ3n) is 5.08. The average molecular weight is 347 g/mol. The summed E-state index contributed by atoms with van der Waals surface area (Å²) in [5.41, 5.74) is 3.66. The van der Waals surface area contributed by atoms with Crippen molar-refractivity contribution in [2.75, 3.05) is 13.1 Å². The predicted octanol–water partition coefficient (Wildman–Crippen LogP) is 0.480. The van der Waals surface area contributed by atoms with Gasteiger partial charge in [0.2, 0.25) is 17.4 Å². The third kappa shape index (κ3) is 3.04. The smallest absolute Gasteiger partial charge is 0.348 e. The lowest BCUT2D eigenvalue weighted by Gasteiger charge is -2.39. The molecule has 0 radical (unpaired) electrons. The average Bonchev–Trinajstić information content (AvgIpc) is 3.39. The van der Waals surface area contributed by atoms with Gasteiger partial charge in [-0.3, -0.25) is 14.6 Å². The van der Waals surface area contributed by atoms with Crippen LogP contribution in [0.4, 0.5) is 0 Å². The molecule has 0 spiro atoms. The van der Waals surface area contributed by atoms with E-state index in [9.17, 15) is 19.5 Å². The highest BCUT2D eigenvalue weighted by Crippen LogP contribution is 2.47. The van der Waals surface area contributed by atoms with E-state index in [0.717, 1.165) is 5.69 Å². The number of amides is 2. The van der Waals surface area contributed by atoms with Gasteiger partial charge in [-0.25, -0.2) is 4.79 Å². The molecule has 2 amide bonds. The highest BCUT2D eigenvalue weighted by Gasteiger charge is 2.58. The summed E-state index contributed by atoms with van der Waals surface area (Å²) in [6.07, 6.45) is 2.69. The number of piperidine rings is 1. The summed E-state index contributed by atoms with van der Waals surface area (Å²) < 4.78 is 5.74. The van der Waals surface area contributed by atoms with E-state index in [2.05, 4.69) is 4.98 Å². The van der Waals surface area contributed by atoms with Crippen LogP contribution < -0.4 is 10.5 Å². The Morgan fingerprint density at radius 1 is 1.20 bits per heavy atom. The van der Waals surface area contributed by atoms with Crippen molar-refractivity contribution < 1.29 is 24.2 Å². The molecule has 3 rings (SSSR count). The van der Waals surface area contributed by atoms with Crippen LogP contribution in [0.25, 0.3) is 0 Å². The molecule has 1 aromatic heterocycles. The van der Waals surface area contributed by atoms with Crippen LogP contribution in [0.2, 0.25) is 0 Å². The first-order valence-corrected chi connectivity index (χ1v) is 8.23. The van der Waals surface area contributed by atoms with Crippen molar-refractivity contribution in [1.82, 2.24) is 9.88 Å². The first kappa shape index (κ1) is 17.2. The van der Waals surface area contributed by atoms with E-state index < -0.39 is 22.9 Å². The van der Waals surface area contributed by atoms with Crippen LogP contribution in [0, 0.1) is 12.3 Å². The number of aromatic nitrogens is 1. The largest absolute Gasteiger partial charge is 0.478 e. The topological polar surface area (TPSA) is 123 Å². The van der Waals surface area contributed by atoms with Crippen LogP contribution in [-0.4, -0.2) is 51.5 Å². The van der Waals surface area contributed by atoms with Crippen molar-refractivity contribution in [1.29, 1.82) is 0 Å². The van der Waals surface area contributed by atoms with Crippen LogP contribution in [0.3, 0.4) is 0 Å². The van der Waals surface area contributed by atoms with Crippen molar-refractivity contribution in [2.24, 2.45) is 11.1 Å². The van der Waals surface area contributed by atoms with Crippen molar-refractivity contribution >= 4 is 17.8 Å². The number of hydrogen-bond donors (Lipinski definition) is 2. The first-order valence-electron chi connectivity index (χ1n) is 8.23. The van der Waals surface area contributed by atoms with Gasteiger partial charge in [-0.15, -0.1) is 0 Å². The Balaban J connectivity index is 1.70. The van der Waals surface area contributed by atoms with Gasteiger partial charge in [0, 0.05) is 31.6 Å². The summed E-state index contributed by atoms with van der Waals surface area (Å²) in [7, 11) is 0. The van der Waals surface area contributed by atoms with Crippen molar-refractivity contribution in [3.05, 3.63) is 24.0 Å². The number of rotatable bonds is 5. The number of carboxylic acids is 1. The monoisotopic (exact) mass is 347 g/mol. The van der Waals surface area contributed by atoms with Crippen LogP contribution >= 0.6 is 0 Å². The first-order chi connectivity index (χ1) is 11.8. The zero-order chi connectivity index (χ0) is 18.2. The number of carboxylic acid groups (broad SMARTS) is 1. The Hall–Kier alpha value is -2.64. The number of carbonyl (C=O) groups excluding carboxylic acids is 2. The molecule has 8 heteroatoms. The molecule has 1 aliphatic heterocycles. The number of carbonyl (C=O) groups is 3. The number of likely N-dealkylation sites (tertiary alicyclic amines) is 1. The number of primary amides is 1. The van der Waals surface area contributed by atoms with E-state index in [1.165, 1.54) is 11.1 Å². The van der Waals surface area contributed by atoms with Gasteiger partial charge in [-0.05, 0) is 31.9 Å². The standard InChI is InChI=1S/C17H21N3O5/c1-11-2-3-12(10-19-11)25-17(15(23)24)6-8-20(9-7-17)14(22)16(4-5-16)13(18)21/h2-3,10H,4-9H2,1H3,(H2,18,21)(H,23,24). The van der Waals surface area contributed by atoms with Gasteiger partial charge in [0.15, 0.2) is 0 Å². The summed E-state index contributed by atoms with van der Waals surface area (Å²) in [5.74, 6) is -1.59. The fourth-order valence-corrected chi connectivity index (χ4v) is 3.16. The lowest BCUT2D eigenvalue weighted by atomic mass is 9.90. The minimum Gasteiger partial charge on any atom is -0.478 e. The summed E-state index contributed by atoms with van der Waals surface area (Å²) in [5, 5.41) is 9.67. The van der Waals surface area contributed by atoms with Crippen LogP contribution in [0.5, 0.6) is 5.75 Å². The van der Waals surface area contributed by atoms with E-state index in [1.807, 2.05) is 6.92 Å². The Morgan fingerprint density at radius 3 is 2.28 bits per heavy atom. The second kappa shape index (κ2) is 6.02. The van der Waals surface area contributed by atoms with Gasteiger partial charge in [0.05, 0.1) is 6.20 Å². The number of ether oxygens (including phenoxy) is 1. The number of pyridine rings is 1. The fourth-order valence-electron chi connectivity index (χ4n) is 3.16. The summed E-state index contributed by atoms with van der Waals surface area (Å²) >= 11 is 0. The summed E-state index contributed by atoms with van der Waals surface area (Å²) in [4.78, 5) is 41.5. The molecule has 2 fully saturated rings. The molecule has 1 aliphatic carbocycles. The maximum Gasteiger partial charge on any atom is 0.348 e. The Kier molecular flexibility index (Phi) is 4.14. The number of aliphatic carboxylic acids is 1. The van der Waals surface area contributed by atoms with Gasteiger partial charge in [0.25, 0.3) is 0 Å². The lowest BCUT2D eigenvalue weighted by molar-refractivity contribution is -0.163. The van der Waals surface area contributed by atoms with Crippen LogP contribution in [-0.2, 0) is 14.4 Å². The number of nitrogens with zero attached hydrogens (tertiary/aromatic N) is 2. The molecule has 0 atom stereocenters. The molecule has 8 nitrogen and oxygen atoms in total. The van der Waals surface area contributed by atoms with E-state index in [1.54, 1.807) is 12.1 Å². The normalized spacial score (nSPS) is 20.6. The molecule has 1 saturated carbocycles. The molecule has 1 saturated heterocycles. The number of aryl methyl sites for hydroxylation is 1. The molecule has 1 aromatic rings. The molecule has 134 valence electrons. The molecule has 0 unspecified atom stereocenters. The van der Waals surface area contributed by atoms with Gasteiger partial charge >= 0.3 is 5.97 Å². The quantitative estimate of drug-likeness (QED) is 0.747. The van der Waals surface area contributed by atoms with Gasteiger partial charge < -0.3 is 20.5 Å². The zero-order valence-corrected chi connectivity index (χ0v) is 14.0. The van der Waals surface area contributed by atoms with Gasteiger partial charge in [0.1, 0.15) is 11.2 Å². The third-order valence-corrected chi connectivity index (χ3v) is 5.08. The molecule has 3 N–H and O–H groups in total. The highest BCUT2D eigenvalue weighted by molar-refractivity contribution is 6.07. The second-order valence-corrected chi connectivity index (χ2v) is 6.78.